The highest BCUT2D eigenvalue weighted by Crippen LogP contribution is 2.06. The highest BCUT2D eigenvalue weighted by molar-refractivity contribution is 5.93. The predicted octanol–water partition coefficient (Wildman–Crippen LogP) is -6.09. The number of carbonyl (C=O) groups is 2. The molecular weight excluding hydrogens is 496 g/mol. The Balaban J connectivity index is 0. The van der Waals surface area contributed by atoms with E-state index < -0.39 is 87.2 Å². The van der Waals surface area contributed by atoms with Crippen molar-refractivity contribution in [1.29, 1.82) is 0 Å². The van der Waals surface area contributed by atoms with Crippen LogP contribution in [-0.2, 0) is 0 Å². The van der Waals surface area contributed by atoms with Gasteiger partial charge in [0.25, 0.3) is 0 Å². The van der Waals surface area contributed by atoms with Gasteiger partial charge in [0.2, 0.25) is 0 Å². The average molecular weight is 530 g/mol. The molecule has 1 aromatic rings. The van der Waals surface area contributed by atoms with Crippen LogP contribution in [0.1, 0.15) is 20.7 Å². The molecule has 0 aliphatic rings. The molecular formula is C20H34O16. The lowest BCUT2D eigenvalue weighted by Gasteiger charge is -2.24. The Kier molecular flexibility index (Phi) is 18.8. The number of aliphatic hydroxyl groups excluding tert-OH is 12. The summed E-state index contributed by atoms with van der Waals surface area (Å²) in [6, 6.07) is 5.20. The maximum atomic E-state index is 10.4. The van der Waals surface area contributed by atoms with Crippen LogP contribution in [0, 0.1) is 0 Å². The van der Waals surface area contributed by atoms with Crippen LogP contribution < -0.4 is 0 Å². The van der Waals surface area contributed by atoms with E-state index in [0.29, 0.717) is 0 Å². The molecule has 0 aliphatic carbocycles. The van der Waals surface area contributed by atoms with E-state index in [-0.39, 0.29) is 11.1 Å². The van der Waals surface area contributed by atoms with E-state index >= 15 is 0 Å². The summed E-state index contributed by atoms with van der Waals surface area (Å²) in [4.78, 5) is 20.8. The molecule has 1 rings (SSSR count). The summed E-state index contributed by atoms with van der Waals surface area (Å²) in [5.74, 6) is -2.25. The Morgan fingerprint density at radius 2 is 0.750 bits per heavy atom. The summed E-state index contributed by atoms with van der Waals surface area (Å²) in [6.07, 6.45) is -12.8. The van der Waals surface area contributed by atoms with Gasteiger partial charge in [-0.25, -0.2) is 9.59 Å². The third kappa shape index (κ3) is 13.1. The summed E-state index contributed by atoms with van der Waals surface area (Å²) in [6.45, 7) is -2.90. The monoisotopic (exact) mass is 530 g/mol. The van der Waals surface area contributed by atoms with Gasteiger partial charge in [0.15, 0.2) is 0 Å². The standard InChI is InChI=1S/C8H6O4.2C6H14O6/c9-7(10)5-2-1-3-6(4-5)8(11)12;2*7-1-3(9)5(11)6(12)4(10)2-8/h1-4H,(H,9,10)(H,11,12);2*3-12H,1-2H2/t;2*3-,4-,5-,6-/m.11/s1. The molecule has 0 aliphatic heterocycles. The zero-order chi connectivity index (χ0) is 28.6. The zero-order valence-electron chi connectivity index (χ0n) is 18.8. The van der Waals surface area contributed by atoms with Crippen LogP contribution in [0.2, 0.25) is 0 Å². The number of hydrogen-bond acceptors (Lipinski definition) is 14. The van der Waals surface area contributed by atoms with Crippen molar-refractivity contribution < 1.29 is 81.1 Å². The molecule has 0 aromatic heterocycles. The molecule has 16 nitrogen and oxygen atoms in total. The van der Waals surface area contributed by atoms with Gasteiger partial charge in [0.1, 0.15) is 48.8 Å². The largest absolute Gasteiger partial charge is 0.478 e. The third-order valence-electron chi connectivity index (χ3n) is 4.38. The van der Waals surface area contributed by atoms with Crippen LogP contribution in [0.4, 0.5) is 0 Å². The summed E-state index contributed by atoms with van der Waals surface area (Å²) >= 11 is 0. The minimum absolute atomic E-state index is 0.0186. The number of hydrogen-bond donors (Lipinski definition) is 14. The summed E-state index contributed by atoms with van der Waals surface area (Å²) < 4.78 is 0. The first-order valence-corrected chi connectivity index (χ1v) is 10.1. The molecule has 0 radical (unpaired) electrons. The van der Waals surface area contributed by atoms with E-state index in [4.69, 9.17) is 71.5 Å². The van der Waals surface area contributed by atoms with Crippen molar-refractivity contribution in [2.24, 2.45) is 0 Å². The molecule has 14 N–H and O–H groups in total. The second-order valence-electron chi connectivity index (χ2n) is 7.15. The Hall–Kier alpha value is -2.32. The highest BCUT2D eigenvalue weighted by Gasteiger charge is 2.30. The van der Waals surface area contributed by atoms with E-state index in [1.165, 1.54) is 18.2 Å². The van der Waals surface area contributed by atoms with Crippen molar-refractivity contribution in [2.75, 3.05) is 26.4 Å². The molecule has 16 heteroatoms. The third-order valence-corrected chi connectivity index (χ3v) is 4.38. The Labute approximate surface area is 204 Å². The van der Waals surface area contributed by atoms with Crippen molar-refractivity contribution >= 4 is 11.9 Å². The van der Waals surface area contributed by atoms with Gasteiger partial charge < -0.3 is 71.5 Å². The number of carboxylic acid groups (broad SMARTS) is 2. The lowest BCUT2D eigenvalue weighted by Crippen LogP contribution is -2.46. The van der Waals surface area contributed by atoms with E-state index in [1.54, 1.807) is 0 Å². The van der Waals surface area contributed by atoms with Crippen molar-refractivity contribution in [3.63, 3.8) is 0 Å². The zero-order valence-corrected chi connectivity index (χ0v) is 18.8. The van der Waals surface area contributed by atoms with Crippen molar-refractivity contribution in [2.45, 2.75) is 48.8 Å². The SMILES string of the molecule is O=C(O)c1cccc(C(=O)O)c1.OC[C@@H](O)[C@@H](O)[C@H](O)[C@H](O)CO.OC[C@@H](O)[C@@H](O)[C@H](O)[C@H](O)CO. The van der Waals surface area contributed by atoms with E-state index in [2.05, 4.69) is 0 Å². The van der Waals surface area contributed by atoms with E-state index in [0.717, 1.165) is 6.07 Å². The van der Waals surface area contributed by atoms with Crippen LogP contribution in [0.25, 0.3) is 0 Å². The predicted molar refractivity (Wildman–Crippen MR) is 117 cm³/mol. The second kappa shape index (κ2) is 18.9. The first kappa shape index (κ1) is 35.8. The van der Waals surface area contributed by atoms with E-state index in [9.17, 15) is 9.59 Å². The van der Waals surface area contributed by atoms with Crippen LogP contribution in [0.5, 0.6) is 0 Å². The second-order valence-corrected chi connectivity index (χ2v) is 7.15. The fourth-order valence-electron chi connectivity index (χ4n) is 2.13. The van der Waals surface area contributed by atoms with Crippen LogP contribution in [0.15, 0.2) is 24.3 Å². The normalized spacial score (nSPS) is 17.4. The number of benzene rings is 1. The molecule has 0 bridgehead atoms. The molecule has 0 spiro atoms. The van der Waals surface area contributed by atoms with Crippen LogP contribution in [-0.4, -0.2) is 159 Å². The van der Waals surface area contributed by atoms with Crippen molar-refractivity contribution in [3.05, 3.63) is 35.4 Å². The molecule has 0 saturated carbocycles. The Morgan fingerprint density at radius 3 is 0.917 bits per heavy atom. The summed E-state index contributed by atoms with van der Waals surface area (Å²) in [7, 11) is 0. The number of aromatic carboxylic acids is 2. The van der Waals surface area contributed by atoms with Gasteiger partial charge in [-0.3, -0.25) is 0 Å². The highest BCUT2D eigenvalue weighted by atomic mass is 16.4. The Bertz CT molecular complexity index is 661. The fourth-order valence-corrected chi connectivity index (χ4v) is 2.13. The maximum Gasteiger partial charge on any atom is 0.335 e. The fraction of sp³-hybridized carbons (Fsp3) is 0.600. The minimum atomic E-state index is -1.67. The first-order chi connectivity index (χ1) is 16.7. The maximum absolute atomic E-state index is 10.4. The van der Waals surface area contributed by atoms with Gasteiger partial charge in [-0.05, 0) is 18.2 Å². The van der Waals surface area contributed by atoms with Crippen LogP contribution >= 0.6 is 0 Å². The van der Waals surface area contributed by atoms with Gasteiger partial charge in [-0.1, -0.05) is 6.07 Å². The van der Waals surface area contributed by atoms with Gasteiger partial charge in [0, 0.05) is 0 Å². The summed E-state index contributed by atoms with van der Waals surface area (Å²) in [5.41, 5.74) is -0.0372. The molecule has 210 valence electrons. The molecule has 36 heavy (non-hydrogen) atoms. The lowest BCUT2D eigenvalue weighted by molar-refractivity contribution is -0.123. The molecule has 8 atom stereocenters. The molecule has 1 aromatic carbocycles. The Morgan fingerprint density at radius 1 is 0.528 bits per heavy atom. The lowest BCUT2D eigenvalue weighted by atomic mass is 10.0. The van der Waals surface area contributed by atoms with Crippen LogP contribution in [0.3, 0.4) is 0 Å². The van der Waals surface area contributed by atoms with Gasteiger partial charge in [-0.15, -0.1) is 0 Å². The quantitative estimate of drug-likeness (QED) is 0.119. The molecule has 0 fully saturated rings. The number of aliphatic hydroxyl groups is 12. The van der Waals surface area contributed by atoms with Gasteiger partial charge >= 0.3 is 11.9 Å². The topological polar surface area (TPSA) is 317 Å². The van der Waals surface area contributed by atoms with Crippen molar-refractivity contribution in [3.8, 4) is 0 Å². The first-order valence-electron chi connectivity index (χ1n) is 10.1. The van der Waals surface area contributed by atoms with E-state index in [1.807, 2.05) is 0 Å². The smallest absolute Gasteiger partial charge is 0.335 e. The molecule has 0 unspecified atom stereocenters. The summed E-state index contributed by atoms with van der Waals surface area (Å²) in [5, 5.41) is 121. The molecule has 0 saturated heterocycles. The molecule has 0 heterocycles. The molecule has 0 amide bonds. The minimum Gasteiger partial charge on any atom is -0.478 e. The number of rotatable bonds is 12. The number of carboxylic acids is 2. The van der Waals surface area contributed by atoms with Crippen molar-refractivity contribution in [1.82, 2.24) is 0 Å². The average Bonchev–Trinajstić information content (AvgIpc) is 2.89. The van der Waals surface area contributed by atoms with Gasteiger partial charge in [-0.2, -0.15) is 0 Å². The van der Waals surface area contributed by atoms with Gasteiger partial charge in [0.05, 0.1) is 37.6 Å².